The molecule has 0 spiro atoms. The predicted molar refractivity (Wildman–Crippen MR) is 201 cm³/mol. The molecule has 0 aliphatic heterocycles. The van der Waals surface area contributed by atoms with E-state index in [9.17, 15) is 13.0 Å². The van der Waals surface area contributed by atoms with Gasteiger partial charge in [-0.3, -0.25) is 0 Å². The molecular weight excluding hydrogens is 575 g/mol. The Kier molecular flexibility index (Phi) is 38.3. The Morgan fingerprint density at radius 3 is 0.711 bits per heavy atom. The molecule has 5 heteroatoms. The van der Waals surface area contributed by atoms with Crippen molar-refractivity contribution in [3.63, 3.8) is 0 Å². The lowest BCUT2D eigenvalue weighted by molar-refractivity contribution is -0.910. The molecule has 0 N–H and O–H groups in total. The van der Waals surface area contributed by atoms with Crippen molar-refractivity contribution in [3.05, 3.63) is 0 Å². The van der Waals surface area contributed by atoms with E-state index in [4.69, 9.17) is 0 Å². The number of nitrogens with zero attached hydrogens (tertiary/aromatic N) is 1. The molecule has 0 aliphatic carbocycles. The second-order valence-corrected chi connectivity index (χ2v) is 16.1. The van der Waals surface area contributed by atoms with Crippen LogP contribution in [0.15, 0.2) is 0 Å². The largest absolute Gasteiger partial charge is 0.748 e. The molecule has 0 bridgehead atoms. The summed E-state index contributed by atoms with van der Waals surface area (Å²) >= 11 is 0. The van der Waals surface area contributed by atoms with Gasteiger partial charge in [0.1, 0.15) is 0 Å². The van der Waals surface area contributed by atoms with Crippen molar-refractivity contribution in [1.29, 1.82) is 0 Å². The molecule has 0 saturated heterocycles. The second kappa shape index (κ2) is 36.7. The summed E-state index contributed by atoms with van der Waals surface area (Å²) in [6, 6.07) is 0. The van der Waals surface area contributed by atoms with Crippen LogP contribution in [0.1, 0.15) is 227 Å². The number of quaternary nitrogens is 1. The molecule has 0 aromatic rings. The minimum absolute atomic E-state index is 0.243. The third kappa shape index (κ3) is 41.8. The minimum Gasteiger partial charge on any atom is -0.748 e. The van der Waals surface area contributed by atoms with Crippen LogP contribution in [0.2, 0.25) is 0 Å². The van der Waals surface area contributed by atoms with Crippen molar-refractivity contribution >= 4 is 10.1 Å². The lowest BCUT2D eigenvalue weighted by Gasteiger charge is -2.35. The summed E-state index contributed by atoms with van der Waals surface area (Å²) in [6.07, 6.45) is 44.2. The number of unbranched alkanes of at least 4 members (excludes halogenated alkanes) is 27. The number of rotatable bonds is 35. The van der Waals surface area contributed by atoms with Crippen molar-refractivity contribution < 1.29 is 17.5 Å². The van der Waals surface area contributed by atoms with Crippen LogP contribution in [0, 0.1) is 0 Å². The highest BCUT2D eigenvalue weighted by Crippen LogP contribution is 2.18. The Hall–Kier alpha value is -0.130. The molecule has 0 heterocycles. The van der Waals surface area contributed by atoms with Crippen LogP contribution in [0.25, 0.3) is 0 Å². The maximum Gasteiger partial charge on any atom is 0.0945 e. The zero-order valence-corrected chi connectivity index (χ0v) is 32.6. The van der Waals surface area contributed by atoms with Crippen LogP contribution in [-0.2, 0) is 10.1 Å². The molecule has 0 aromatic heterocycles. The predicted octanol–water partition coefficient (Wildman–Crippen LogP) is 13.1. The molecule has 45 heavy (non-hydrogen) atoms. The Morgan fingerprint density at radius 2 is 0.556 bits per heavy atom. The first-order chi connectivity index (χ1) is 21.7. The average Bonchev–Trinajstić information content (AvgIpc) is 3.00. The van der Waals surface area contributed by atoms with Gasteiger partial charge in [0.25, 0.3) is 0 Å². The maximum atomic E-state index is 9.68. The van der Waals surface area contributed by atoms with Gasteiger partial charge < -0.3 is 9.04 Å². The highest BCUT2D eigenvalue weighted by Gasteiger charge is 2.20. The van der Waals surface area contributed by atoms with E-state index in [1.54, 1.807) is 6.92 Å². The standard InChI is InChI=1S/C37H78N.C3H8O3S/c1-5-8-11-14-17-20-23-26-29-32-35-38(4,36-33-30-27-24-21-18-15-12-9-6-2)37-34-31-28-25-22-19-16-13-10-7-3;1-2-3-7(4,5)6/h5-37H2,1-4H3;2-3H2,1H3,(H,4,5,6)/q+1;/p-1. The van der Waals surface area contributed by atoms with Crippen molar-refractivity contribution in [2.45, 2.75) is 227 Å². The smallest absolute Gasteiger partial charge is 0.0945 e. The normalized spacial score (nSPS) is 12.0. The summed E-state index contributed by atoms with van der Waals surface area (Å²) in [5, 5.41) is 0. The molecule has 4 nitrogen and oxygen atoms in total. The Labute approximate surface area is 286 Å². The van der Waals surface area contributed by atoms with Crippen molar-refractivity contribution in [1.82, 2.24) is 0 Å². The van der Waals surface area contributed by atoms with Gasteiger partial charge >= 0.3 is 0 Å². The Bertz CT molecular complexity index is 592. The van der Waals surface area contributed by atoms with Gasteiger partial charge in [-0.25, -0.2) is 8.42 Å². The topological polar surface area (TPSA) is 57.2 Å². The molecule has 0 unspecified atom stereocenters. The van der Waals surface area contributed by atoms with E-state index < -0.39 is 10.1 Å². The fourth-order valence-corrected chi connectivity index (χ4v) is 7.03. The first kappa shape index (κ1) is 47.0. The summed E-state index contributed by atoms with van der Waals surface area (Å²) in [5.74, 6) is -0.243. The lowest BCUT2D eigenvalue weighted by Crippen LogP contribution is -2.46. The van der Waals surface area contributed by atoms with Gasteiger partial charge in [0.05, 0.1) is 36.8 Å². The molecule has 0 radical (unpaired) electrons. The van der Waals surface area contributed by atoms with Crippen molar-refractivity contribution in [2.75, 3.05) is 32.4 Å². The van der Waals surface area contributed by atoms with Gasteiger partial charge in [-0.1, -0.05) is 182 Å². The van der Waals surface area contributed by atoms with Crippen LogP contribution in [-0.4, -0.2) is 49.9 Å². The monoisotopic (exact) mass is 660 g/mol. The van der Waals surface area contributed by atoms with E-state index >= 15 is 0 Å². The molecule has 0 fully saturated rings. The van der Waals surface area contributed by atoms with Crippen LogP contribution in [0.4, 0.5) is 0 Å². The summed E-state index contributed by atoms with van der Waals surface area (Å²) in [6.45, 7) is 12.9. The van der Waals surface area contributed by atoms with Crippen LogP contribution in [0.3, 0.4) is 0 Å². The van der Waals surface area contributed by atoms with E-state index in [0.29, 0.717) is 6.42 Å². The van der Waals surface area contributed by atoms with Crippen LogP contribution >= 0.6 is 0 Å². The molecule has 0 aromatic carbocycles. The number of hydrogen-bond donors (Lipinski definition) is 0. The lowest BCUT2D eigenvalue weighted by atomic mass is 10.0. The summed E-state index contributed by atoms with van der Waals surface area (Å²) < 4.78 is 30.4. The molecule has 274 valence electrons. The van der Waals surface area contributed by atoms with Crippen LogP contribution < -0.4 is 0 Å². The average molecular weight is 660 g/mol. The van der Waals surface area contributed by atoms with Crippen molar-refractivity contribution in [3.8, 4) is 0 Å². The van der Waals surface area contributed by atoms with Crippen molar-refractivity contribution in [2.24, 2.45) is 0 Å². The fraction of sp³-hybridized carbons (Fsp3) is 1.00. The first-order valence-corrected chi connectivity index (χ1v) is 22.1. The minimum atomic E-state index is -3.92. The zero-order chi connectivity index (χ0) is 33.7. The molecule has 0 rings (SSSR count). The van der Waals surface area contributed by atoms with Gasteiger partial charge in [0, 0.05) is 5.75 Å². The van der Waals surface area contributed by atoms with Gasteiger partial charge in [-0.15, -0.1) is 0 Å². The number of hydrogen-bond acceptors (Lipinski definition) is 3. The fourth-order valence-electron chi connectivity index (χ4n) is 6.53. The second-order valence-electron chi connectivity index (χ2n) is 14.6. The molecule has 0 atom stereocenters. The highest BCUT2D eigenvalue weighted by molar-refractivity contribution is 7.85. The third-order valence-corrected chi connectivity index (χ3v) is 10.5. The van der Waals surface area contributed by atoms with E-state index in [2.05, 4.69) is 27.8 Å². The van der Waals surface area contributed by atoms with Gasteiger partial charge in [-0.05, 0) is 44.9 Å². The SMILES string of the molecule is CCCCCCCCCCCC[N+](C)(CCCCCCCCCCCC)CCCCCCCCCCCC.CCCS(=O)(=O)[O-]. The summed E-state index contributed by atoms with van der Waals surface area (Å²) in [5.41, 5.74) is 0. The molecular formula is C40H85NO3S. The van der Waals surface area contributed by atoms with E-state index in [1.165, 1.54) is 217 Å². The van der Waals surface area contributed by atoms with Crippen LogP contribution in [0.5, 0.6) is 0 Å². The quantitative estimate of drug-likeness (QED) is 0.0386. The van der Waals surface area contributed by atoms with E-state index in [0.717, 1.165) is 0 Å². The highest BCUT2D eigenvalue weighted by atomic mass is 32.2. The third-order valence-electron chi connectivity index (χ3n) is 9.61. The molecule has 0 aliphatic rings. The summed E-state index contributed by atoms with van der Waals surface area (Å²) in [4.78, 5) is 0. The van der Waals surface area contributed by atoms with Gasteiger partial charge in [0.15, 0.2) is 0 Å². The molecule has 0 saturated carbocycles. The summed E-state index contributed by atoms with van der Waals surface area (Å²) in [7, 11) is -1.32. The Morgan fingerprint density at radius 1 is 0.356 bits per heavy atom. The van der Waals surface area contributed by atoms with E-state index in [-0.39, 0.29) is 5.75 Å². The molecule has 0 amide bonds. The zero-order valence-electron chi connectivity index (χ0n) is 31.8. The van der Waals surface area contributed by atoms with E-state index in [1.807, 2.05) is 0 Å². The van der Waals surface area contributed by atoms with Gasteiger partial charge in [0.2, 0.25) is 0 Å². The Balaban J connectivity index is 0. The maximum absolute atomic E-state index is 9.68. The van der Waals surface area contributed by atoms with Gasteiger partial charge in [-0.2, -0.15) is 0 Å². The first-order valence-electron chi connectivity index (χ1n) is 20.5.